The third kappa shape index (κ3) is 2.05. The van der Waals surface area contributed by atoms with Gasteiger partial charge in [0, 0.05) is 35.4 Å². The van der Waals surface area contributed by atoms with Crippen LogP contribution in [0.15, 0.2) is 42.7 Å². The van der Waals surface area contributed by atoms with Crippen LogP contribution in [0.25, 0.3) is 17.1 Å². The van der Waals surface area contributed by atoms with Gasteiger partial charge >= 0.3 is 0 Å². The van der Waals surface area contributed by atoms with Crippen LogP contribution >= 0.6 is 11.6 Å². The molecule has 0 bridgehead atoms. The summed E-state index contributed by atoms with van der Waals surface area (Å²) in [6.07, 6.45) is 3.52. The van der Waals surface area contributed by atoms with Crippen LogP contribution < -0.4 is 5.32 Å². The number of halogens is 1. The molecule has 1 aliphatic rings. The molecule has 6 heteroatoms. The number of fused-ring (bicyclic) bond motifs is 3. The molecule has 0 saturated carbocycles. The number of rotatable bonds is 1. The van der Waals surface area contributed by atoms with Crippen LogP contribution in [0.5, 0.6) is 0 Å². The summed E-state index contributed by atoms with van der Waals surface area (Å²) >= 11 is 6.21. The number of benzene rings is 1. The van der Waals surface area contributed by atoms with Gasteiger partial charge in [0.1, 0.15) is 5.82 Å². The van der Waals surface area contributed by atoms with Crippen LogP contribution in [-0.2, 0) is 0 Å². The number of nitrogens with one attached hydrogen (secondary N) is 1. The normalized spacial score (nSPS) is 16.4. The van der Waals surface area contributed by atoms with Crippen molar-refractivity contribution in [3.8, 4) is 17.1 Å². The molecule has 4 rings (SSSR count). The van der Waals surface area contributed by atoms with Crippen molar-refractivity contribution in [2.45, 2.75) is 12.8 Å². The lowest BCUT2D eigenvalue weighted by atomic mass is 10.1. The Hall–Kier alpha value is -2.40. The number of hydrogen-bond donors (Lipinski definition) is 1. The van der Waals surface area contributed by atoms with Gasteiger partial charge in [-0.15, -0.1) is 10.2 Å². The van der Waals surface area contributed by atoms with Crippen molar-refractivity contribution < 1.29 is 0 Å². The summed E-state index contributed by atoms with van der Waals surface area (Å²) in [5.41, 5.74) is 2.99. The zero-order valence-electron chi connectivity index (χ0n) is 12.0. The molecular formula is C16H14ClN5. The summed E-state index contributed by atoms with van der Waals surface area (Å²) in [4.78, 5) is 4.07. The van der Waals surface area contributed by atoms with E-state index in [-0.39, 0.29) is 5.92 Å². The third-order valence-corrected chi connectivity index (χ3v) is 4.10. The fourth-order valence-corrected chi connectivity index (χ4v) is 2.90. The molecule has 1 N–H and O–H groups in total. The Bertz CT molecular complexity index is 828. The molecule has 0 amide bonds. The SMILES string of the molecule is C[C@@H]1CNc2ccc(Cl)cc2-n2c(-c3ccncc3)nnc21. The summed E-state index contributed by atoms with van der Waals surface area (Å²) in [6, 6.07) is 9.70. The van der Waals surface area contributed by atoms with E-state index in [2.05, 4.69) is 32.0 Å². The maximum Gasteiger partial charge on any atom is 0.168 e. The molecule has 110 valence electrons. The van der Waals surface area contributed by atoms with Crippen molar-refractivity contribution in [2.75, 3.05) is 11.9 Å². The molecular weight excluding hydrogens is 298 g/mol. The third-order valence-electron chi connectivity index (χ3n) is 3.87. The van der Waals surface area contributed by atoms with Gasteiger partial charge in [-0.1, -0.05) is 18.5 Å². The largest absolute Gasteiger partial charge is 0.383 e. The maximum absolute atomic E-state index is 6.21. The average Bonchev–Trinajstić information content (AvgIpc) is 2.94. The Morgan fingerprint density at radius 2 is 2.00 bits per heavy atom. The second-order valence-electron chi connectivity index (χ2n) is 5.40. The smallest absolute Gasteiger partial charge is 0.168 e. The highest BCUT2D eigenvalue weighted by Crippen LogP contribution is 2.34. The number of anilines is 1. The van der Waals surface area contributed by atoms with E-state index in [4.69, 9.17) is 11.6 Å². The second kappa shape index (κ2) is 5.10. The fourth-order valence-electron chi connectivity index (χ4n) is 2.73. The number of nitrogens with zero attached hydrogens (tertiary/aromatic N) is 4. The molecule has 0 radical (unpaired) electrons. The van der Waals surface area contributed by atoms with E-state index in [0.29, 0.717) is 5.02 Å². The first kappa shape index (κ1) is 13.3. The maximum atomic E-state index is 6.21. The van der Waals surface area contributed by atoms with E-state index in [9.17, 15) is 0 Å². The van der Waals surface area contributed by atoms with Crippen molar-refractivity contribution in [1.29, 1.82) is 0 Å². The predicted octanol–water partition coefficient (Wildman–Crippen LogP) is 3.51. The van der Waals surface area contributed by atoms with E-state index in [1.54, 1.807) is 12.4 Å². The number of pyridine rings is 1. The van der Waals surface area contributed by atoms with Crippen LogP contribution in [-0.4, -0.2) is 26.3 Å². The van der Waals surface area contributed by atoms with E-state index < -0.39 is 0 Å². The van der Waals surface area contributed by atoms with Gasteiger partial charge in [0.15, 0.2) is 5.82 Å². The lowest BCUT2D eigenvalue weighted by molar-refractivity contribution is 0.725. The highest BCUT2D eigenvalue weighted by molar-refractivity contribution is 6.30. The minimum atomic E-state index is 0.245. The molecule has 0 fully saturated rings. The summed E-state index contributed by atoms with van der Waals surface area (Å²) in [5, 5.41) is 13.0. The first-order chi connectivity index (χ1) is 10.7. The monoisotopic (exact) mass is 311 g/mol. The molecule has 0 saturated heterocycles. The molecule has 5 nitrogen and oxygen atoms in total. The highest BCUT2D eigenvalue weighted by Gasteiger charge is 2.25. The summed E-state index contributed by atoms with van der Waals surface area (Å²) in [6.45, 7) is 2.94. The molecule has 2 aromatic heterocycles. The Morgan fingerprint density at radius 1 is 1.18 bits per heavy atom. The van der Waals surface area contributed by atoms with Gasteiger partial charge in [0.05, 0.1) is 11.4 Å². The van der Waals surface area contributed by atoms with Crippen LogP contribution in [0.1, 0.15) is 18.7 Å². The van der Waals surface area contributed by atoms with Crippen molar-refractivity contribution in [3.63, 3.8) is 0 Å². The van der Waals surface area contributed by atoms with Gasteiger partial charge in [0.2, 0.25) is 0 Å². The van der Waals surface area contributed by atoms with E-state index in [1.165, 1.54) is 0 Å². The molecule has 1 atom stereocenters. The fraction of sp³-hybridized carbons (Fsp3) is 0.188. The minimum Gasteiger partial charge on any atom is -0.383 e. The molecule has 0 unspecified atom stereocenters. The van der Waals surface area contributed by atoms with Gasteiger partial charge < -0.3 is 5.32 Å². The van der Waals surface area contributed by atoms with E-state index in [1.807, 2.05) is 30.3 Å². The Labute approximate surface area is 133 Å². The number of aromatic nitrogens is 4. The number of hydrogen-bond acceptors (Lipinski definition) is 4. The summed E-state index contributed by atoms with van der Waals surface area (Å²) in [5.74, 6) is 1.98. The van der Waals surface area contributed by atoms with Gasteiger partial charge in [-0.25, -0.2) is 0 Å². The van der Waals surface area contributed by atoms with Crippen LogP contribution in [0.4, 0.5) is 5.69 Å². The van der Waals surface area contributed by atoms with Crippen LogP contribution in [0.3, 0.4) is 0 Å². The van der Waals surface area contributed by atoms with E-state index >= 15 is 0 Å². The summed E-state index contributed by atoms with van der Waals surface area (Å²) in [7, 11) is 0. The lowest BCUT2D eigenvalue weighted by Gasteiger charge is -2.12. The standard InChI is InChI=1S/C16H14ClN5/c1-10-9-19-13-3-2-12(17)8-14(13)22-15(10)20-21-16(22)11-4-6-18-7-5-11/h2-8,10,19H,9H2,1H3/t10-/m1/s1. The van der Waals surface area contributed by atoms with Gasteiger partial charge in [-0.05, 0) is 30.3 Å². The Balaban J connectivity index is 2.01. The van der Waals surface area contributed by atoms with Gasteiger partial charge in [-0.2, -0.15) is 0 Å². The van der Waals surface area contributed by atoms with Crippen LogP contribution in [0, 0.1) is 0 Å². The van der Waals surface area contributed by atoms with Crippen molar-refractivity contribution >= 4 is 17.3 Å². The van der Waals surface area contributed by atoms with Crippen molar-refractivity contribution in [2.24, 2.45) is 0 Å². The topological polar surface area (TPSA) is 55.6 Å². The average molecular weight is 312 g/mol. The molecule has 3 aromatic rings. The van der Waals surface area contributed by atoms with Crippen molar-refractivity contribution in [1.82, 2.24) is 19.7 Å². The first-order valence-electron chi connectivity index (χ1n) is 7.13. The molecule has 0 aliphatic carbocycles. The molecule has 1 aromatic carbocycles. The zero-order chi connectivity index (χ0) is 15.1. The quantitative estimate of drug-likeness (QED) is 0.747. The zero-order valence-corrected chi connectivity index (χ0v) is 12.7. The second-order valence-corrected chi connectivity index (χ2v) is 5.83. The van der Waals surface area contributed by atoms with Crippen molar-refractivity contribution in [3.05, 3.63) is 53.6 Å². The molecule has 1 aliphatic heterocycles. The Kier molecular flexibility index (Phi) is 3.08. The van der Waals surface area contributed by atoms with E-state index in [0.717, 1.165) is 35.1 Å². The molecule has 3 heterocycles. The lowest BCUT2D eigenvalue weighted by Crippen LogP contribution is -2.09. The highest BCUT2D eigenvalue weighted by atomic mass is 35.5. The molecule has 22 heavy (non-hydrogen) atoms. The summed E-state index contributed by atoms with van der Waals surface area (Å²) < 4.78 is 2.08. The van der Waals surface area contributed by atoms with Gasteiger partial charge in [-0.3, -0.25) is 9.55 Å². The van der Waals surface area contributed by atoms with Gasteiger partial charge in [0.25, 0.3) is 0 Å². The minimum absolute atomic E-state index is 0.245. The Morgan fingerprint density at radius 3 is 2.82 bits per heavy atom. The predicted molar refractivity (Wildman–Crippen MR) is 86.5 cm³/mol. The van der Waals surface area contributed by atoms with Crippen LogP contribution in [0.2, 0.25) is 5.02 Å². The first-order valence-corrected chi connectivity index (χ1v) is 7.51. The molecule has 0 spiro atoms.